The van der Waals surface area contributed by atoms with Crippen LogP contribution in [0.25, 0.3) is 10.9 Å². The van der Waals surface area contributed by atoms with Gasteiger partial charge in [0.05, 0.1) is 15.8 Å². The number of non-ortho nitro benzene ring substituents is 1. The van der Waals surface area contributed by atoms with E-state index in [4.69, 9.17) is 4.42 Å². The van der Waals surface area contributed by atoms with E-state index in [0.29, 0.717) is 11.9 Å². The Balaban J connectivity index is 2.06. The maximum absolute atomic E-state index is 11.9. The summed E-state index contributed by atoms with van der Waals surface area (Å²) in [4.78, 5) is 26.3. The molecule has 0 spiro atoms. The van der Waals surface area contributed by atoms with Gasteiger partial charge in [-0.2, -0.15) is 0 Å². The molecule has 0 aliphatic heterocycles. The van der Waals surface area contributed by atoms with Gasteiger partial charge in [0.2, 0.25) is 5.89 Å². The normalized spacial score (nSPS) is 10.7. The van der Waals surface area contributed by atoms with Crippen LogP contribution in [0.4, 0.5) is 5.69 Å². The molecule has 0 aliphatic rings. The molecule has 2 aromatic carbocycles. The highest BCUT2D eigenvalue weighted by molar-refractivity contribution is 5.79. The summed E-state index contributed by atoms with van der Waals surface area (Å²) in [6.07, 6.45) is 0.392. The van der Waals surface area contributed by atoms with Gasteiger partial charge in [-0.05, 0) is 11.6 Å². The number of benzene rings is 2. The Labute approximate surface area is 118 Å². The van der Waals surface area contributed by atoms with Gasteiger partial charge in [0.25, 0.3) is 5.69 Å². The van der Waals surface area contributed by atoms with Gasteiger partial charge in [-0.1, -0.05) is 30.3 Å². The zero-order valence-electron chi connectivity index (χ0n) is 10.9. The fourth-order valence-electron chi connectivity index (χ4n) is 2.06. The van der Waals surface area contributed by atoms with E-state index >= 15 is 0 Å². The molecule has 1 aromatic heterocycles. The number of hydrogen-bond donors (Lipinski definition) is 0. The van der Waals surface area contributed by atoms with E-state index in [1.807, 2.05) is 30.3 Å². The fourth-order valence-corrected chi connectivity index (χ4v) is 2.06. The molecule has 1 heterocycles. The van der Waals surface area contributed by atoms with Gasteiger partial charge in [0.1, 0.15) is 0 Å². The second kappa shape index (κ2) is 5.16. The Kier molecular flexibility index (Phi) is 3.19. The van der Waals surface area contributed by atoms with E-state index in [2.05, 4.69) is 4.98 Å². The number of nitro groups is 1. The highest BCUT2D eigenvalue weighted by Crippen LogP contribution is 2.17. The molecule has 21 heavy (non-hydrogen) atoms. The third-order valence-corrected chi connectivity index (χ3v) is 3.06. The lowest BCUT2D eigenvalue weighted by Crippen LogP contribution is -2.06. The summed E-state index contributed by atoms with van der Waals surface area (Å²) < 4.78 is 5.14. The molecule has 0 unspecified atom stereocenters. The smallest absolute Gasteiger partial charge is 0.347 e. The number of hydrogen-bond acceptors (Lipinski definition) is 5. The summed E-state index contributed by atoms with van der Waals surface area (Å²) in [6.45, 7) is 0. The van der Waals surface area contributed by atoms with E-state index < -0.39 is 10.5 Å². The lowest BCUT2D eigenvalue weighted by atomic mass is 10.1. The number of rotatable bonds is 3. The average molecular weight is 282 g/mol. The first kappa shape index (κ1) is 13.0. The van der Waals surface area contributed by atoms with Gasteiger partial charge in [0.15, 0.2) is 0 Å². The molecule has 0 N–H and O–H groups in total. The first-order chi connectivity index (χ1) is 10.1. The highest BCUT2D eigenvalue weighted by atomic mass is 16.6. The Morgan fingerprint density at radius 2 is 1.90 bits per heavy atom. The van der Waals surface area contributed by atoms with Crippen molar-refractivity contribution in [2.75, 3.05) is 0 Å². The quantitative estimate of drug-likeness (QED) is 0.544. The zero-order valence-corrected chi connectivity index (χ0v) is 10.9. The molecule has 0 aliphatic carbocycles. The van der Waals surface area contributed by atoms with Crippen molar-refractivity contribution in [1.82, 2.24) is 4.98 Å². The summed E-state index contributed by atoms with van der Waals surface area (Å²) in [7, 11) is 0. The van der Waals surface area contributed by atoms with Gasteiger partial charge < -0.3 is 4.42 Å². The maximum Gasteiger partial charge on any atom is 0.347 e. The van der Waals surface area contributed by atoms with E-state index in [-0.39, 0.29) is 17.0 Å². The summed E-state index contributed by atoms with van der Waals surface area (Å²) in [6, 6.07) is 13.4. The Morgan fingerprint density at radius 1 is 1.14 bits per heavy atom. The van der Waals surface area contributed by atoms with Crippen LogP contribution in [0.2, 0.25) is 0 Å². The molecule has 0 bridgehead atoms. The monoisotopic (exact) mass is 282 g/mol. The molecule has 104 valence electrons. The molecule has 0 saturated carbocycles. The Bertz CT molecular complexity index is 872. The summed E-state index contributed by atoms with van der Waals surface area (Å²) >= 11 is 0. The van der Waals surface area contributed by atoms with Crippen LogP contribution in [0.3, 0.4) is 0 Å². The van der Waals surface area contributed by atoms with Crippen LogP contribution in [0, 0.1) is 10.1 Å². The van der Waals surface area contributed by atoms with Crippen LogP contribution >= 0.6 is 0 Å². The average Bonchev–Trinajstić information content (AvgIpc) is 2.48. The molecule has 6 heteroatoms. The fraction of sp³-hybridized carbons (Fsp3) is 0.0667. The van der Waals surface area contributed by atoms with Gasteiger partial charge in [-0.25, -0.2) is 9.78 Å². The molecule has 0 radical (unpaired) electrons. The predicted octanol–water partition coefficient (Wildman–Crippen LogP) is 2.69. The van der Waals surface area contributed by atoms with Crippen LogP contribution in [0.15, 0.2) is 57.7 Å². The van der Waals surface area contributed by atoms with Crippen molar-refractivity contribution in [3.8, 4) is 0 Å². The van der Waals surface area contributed by atoms with Crippen molar-refractivity contribution in [3.63, 3.8) is 0 Å². The molecular weight excluding hydrogens is 272 g/mol. The second-order valence-electron chi connectivity index (χ2n) is 4.52. The van der Waals surface area contributed by atoms with Gasteiger partial charge in [0, 0.05) is 18.6 Å². The molecule has 0 fully saturated rings. The lowest BCUT2D eigenvalue weighted by Gasteiger charge is -2.02. The first-order valence-corrected chi connectivity index (χ1v) is 6.25. The van der Waals surface area contributed by atoms with Crippen LogP contribution < -0.4 is 5.63 Å². The zero-order chi connectivity index (χ0) is 14.8. The number of fused-ring (bicyclic) bond motifs is 1. The van der Waals surface area contributed by atoms with Crippen molar-refractivity contribution < 1.29 is 9.34 Å². The predicted molar refractivity (Wildman–Crippen MR) is 76.2 cm³/mol. The van der Waals surface area contributed by atoms with Crippen molar-refractivity contribution in [2.45, 2.75) is 6.42 Å². The third-order valence-electron chi connectivity index (χ3n) is 3.06. The van der Waals surface area contributed by atoms with Crippen molar-refractivity contribution >= 4 is 16.6 Å². The van der Waals surface area contributed by atoms with Crippen LogP contribution in [0.1, 0.15) is 11.5 Å². The van der Waals surface area contributed by atoms with Crippen molar-refractivity contribution in [2.24, 2.45) is 0 Å². The molecule has 3 aromatic rings. The molecular formula is C15H10N2O4. The molecule has 6 nitrogen and oxygen atoms in total. The second-order valence-corrected chi connectivity index (χ2v) is 4.52. The highest BCUT2D eigenvalue weighted by Gasteiger charge is 2.12. The molecule has 3 rings (SSSR count). The lowest BCUT2D eigenvalue weighted by molar-refractivity contribution is -0.384. The number of aromatic nitrogens is 1. The van der Waals surface area contributed by atoms with Crippen LogP contribution in [-0.2, 0) is 6.42 Å². The number of nitrogens with zero attached hydrogens (tertiary/aromatic N) is 2. The van der Waals surface area contributed by atoms with Gasteiger partial charge in [-0.3, -0.25) is 10.1 Å². The number of nitro benzene ring substituents is 1. The van der Waals surface area contributed by atoms with Gasteiger partial charge >= 0.3 is 5.63 Å². The van der Waals surface area contributed by atoms with E-state index in [1.165, 1.54) is 18.2 Å². The largest absolute Gasteiger partial charge is 0.408 e. The maximum atomic E-state index is 11.9. The summed E-state index contributed by atoms with van der Waals surface area (Å²) in [5.41, 5.74) is 0.583. The first-order valence-electron chi connectivity index (χ1n) is 6.25. The van der Waals surface area contributed by atoms with E-state index in [1.54, 1.807) is 0 Å². The molecule has 0 atom stereocenters. The van der Waals surface area contributed by atoms with E-state index in [0.717, 1.165) is 5.56 Å². The minimum atomic E-state index is -0.616. The van der Waals surface area contributed by atoms with Crippen LogP contribution in [-0.4, -0.2) is 9.91 Å². The van der Waals surface area contributed by atoms with Crippen molar-refractivity contribution in [1.29, 1.82) is 0 Å². The van der Waals surface area contributed by atoms with Crippen LogP contribution in [0.5, 0.6) is 0 Å². The van der Waals surface area contributed by atoms with Gasteiger partial charge in [-0.15, -0.1) is 0 Å². The SMILES string of the molecule is O=c1oc(Cc2ccccc2)nc2ccc([N+](=O)[O-])cc12. The van der Waals surface area contributed by atoms with E-state index in [9.17, 15) is 14.9 Å². The summed E-state index contributed by atoms with van der Waals surface area (Å²) in [5.74, 6) is 0.285. The minimum absolute atomic E-state index is 0.112. The Morgan fingerprint density at radius 3 is 2.62 bits per heavy atom. The summed E-state index contributed by atoms with van der Waals surface area (Å²) in [5, 5.41) is 10.8. The molecule has 0 saturated heterocycles. The topological polar surface area (TPSA) is 86.2 Å². The standard InChI is InChI=1S/C15H10N2O4/c18-15-12-9-11(17(19)20)6-7-13(12)16-14(21-15)8-10-4-2-1-3-5-10/h1-7,9H,8H2. The molecule has 0 amide bonds. The Hall–Kier alpha value is -3.02. The minimum Gasteiger partial charge on any atom is -0.408 e. The third kappa shape index (κ3) is 2.64. The van der Waals surface area contributed by atoms with Crippen molar-refractivity contribution in [3.05, 3.63) is 80.5 Å².